The first-order valence-electron chi connectivity index (χ1n) is 7.66. The normalized spacial score (nSPS) is 17.6. The molecule has 2 aromatic rings. The molecule has 1 N–H and O–H groups in total. The van der Waals surface area contributed by atoms with Crippen molar-refractivity contribution >= 4 is 10.9 Å². The lowest BCUT2D eigenvalue weighted by Gasteiger charge is -2.30. The molecule has 0 atom stereocenters. The maximum atomic E-state index is 13.2. The molecule has 4 nitrogen and oxygen atoms in total. The van der Waals surface area contributed by atoms with Gasteiger partial charge in [-0.15, -0.1) is 0 Å². The summed E-state index contributed by atoms with van der Waals surface area (Å²) in [5.41, 5.74) is 0.607. The van der Waals surface area contributed by atoms with E-state index in [0.717, 1.165) is 56.5 Å². The minimum absolute atomic E-state index is 0.275. The molecule has 114 valence electrons. The van der Waals surface area contributed by atoms with E-state index in [2.05, 4.69) is 10.1 Å². The van der Waals surface area contributed by atoms with Crippen molar-refractivity contribution in [3.05, 3.63) is 29.8 Å². The average Bonchev–Trinajstić information content (AvgIpc) is 2.91. The number of nitrogens with zero attached hydrogens (tertiary/aromatic N) is 2. The number of piperidine rings is 1. The standard InChI is InChI=1S/C16H21FN2O2/c17-13-3-4-14-15(11-13)18-21-16(14)12-5-8-19(9-6-12)7-1-2-10-20/h3-4,11-12,20H,1-2,5-10H2. The Balaban J connectivity index is 1.63. The lowest BCUT2D eigenvalue weighted by atomic mass is 9.92. The van der Waals surface area contributed by atoms with E-state index < -0.39 is 0 Å². The van der Waals surface area contributed by atoms with E-state index in [9.17, 15) is 4.39 Å². The molecular formula is C16H21FN2O2. The Hall–Kier alpha value is -1.46. The van der Waals surface area contributed by atoms with Crippen LogP contribution in [0.4, 0.5) is 4.39 Å². The molecule has 1 saturated heterocycles. The van der Waals surface area contributed by atoms with E-state index in [1.165, 1.54) is 12.1 Å². The topological polar surface area (TPSA) is 49.5 Å². The van der Waals surface area contributed by atoms with E-state index in [0.29, 0.717) is 11.4 Å². The van der Waals surface area contributed by atoms with Gasteiger partial charge in [0.25, 0.3) is 0 Å². The van der Waals surface area contributed by atoms with Crippen LogP contribution in [-0.4, -0.2) is 41.4 Å². The van der Waals surface area contributed by atoms with Crippen molar-refractivity contribution in [2.75, 3.05) is 26.2 Å². The number of hydrogen-bond acceptors (Lipinski definition) is 4. The lowest BCUT2D eigenvalue weighted by Crippen LogP contribution is -2.33. The Labute approximate surface area is 123 Å². The zero-order valence-corrected chi connectivity index (χ0v) is 12.1. The Kier molecular flexibility index (Phi) is 4.51. The number of likely N-dealkylation sites (tertiary alicyclic amines) is 1. The SMILES string of the molecule is OCCCCN1CCC(c2onc3cc(F)ccc23)CC1. The fourth-order valence-corrected chi connectivity index (χ4v) is 3.10. The molecule has 0 spiro atoms. The zero-order valence-electron chi connectivity index (χ0n) is 12.1. The summed E-state index contributed by atoms with van der Waals surface area (Å²) in [6.07, 6.45) is 4.01. The molecule has 0 bridgehead atoms. The number of unbranched alkanes of at least 4 members (excludes halogenated alkanes) is 1. The monoisotopic (exact) mass is 292 g/mol. The number of fused-ring (bicyclic) bond motifs is 1. The molecule has 1 fully saturated rings. The second kappa shape index (κ2) is 6.54. The molecule has 1 aliphatic heterocycles. The summed E-state index contributed by atoms with van der Waals surface area (Å²) in [5, 5.41) is 13.7. The molecule has 0 saturated carbocycles. The molecule has 0 amide bonds. The van der Waals surface area contributed by atoms with Gasteiger partial charge in [-0.05, 0) is 57.5 Å². The van der Waals surface area contributed by atoms with Crippen molar-refractivity contribution < 1.29 is 14.0 Å². The Morgan fingerprint density at radius 1 is 1.29 bits per heavy atom. The second-order valence-corrected chi connectivity index (χ2v) is 5.75. The summed E-state index contributed by atoms with van der Waals surface area (Å²) in [7, 11) is 0. The summed E-state index contributed by atoms with van der Waals surface area (Å²) in [4.78, 5) is 2.43. The lowest BCUT2D eigenvalue weighted by molar-refractivity contribution is 0.188. The fourth-order valence-electron chi connectivity index (χ4n) is 3.10. The molecule has 1 aromatic heterocycles. The molecule has 1 aliphatic rings. The van der Waals surface area contributed by atoms with Crippen molar-refractivity contribution in [1.82, 2.24) is 10.1 Å². The highest BCUT2D eigenvalue weighted by Crippen LogP contribution is 2.33. The first-order valence-corrected chi connectivity index (χ1v) is 7.66. The molecule has 2 heterocycles. The molecule has 0 unspecified atom stereocenters. The predicted molar refractivity (Wildman–Crippen MR) is 78.7 cm³/mol. The van der Waals surface area contributed by atoms with Crippen LogP contribution in [-0.2, 0) is 0 Å². The number of aromatic nitrogens is 1. The van der Waals surface area contributed by atoms with E-state index >= 15 is 0 Å². The van der Waals surface area contributed by atoms with Gasteiger partial charge in [0.1, 0.15) is 17.1 Å². The van der Waals surface area contributed by atoms with Crippen LogP contribution in [0.2, 0.25) is 0 Å². The highest BCUT2D eigenvalue weighted by Gasteiger charge is 2.25. The van der Waals surface area contributed by atoms with Crippen molar-refractivity contribution in [2.45, 2.75) is 31.6 Å². The first kappa shape index (κ1) is 14.5. The fraction of sp³-hybridized carbons (Fsp3) is 0.562. The van der Waals surface area contributed by atoms with Crippen LogP contribution in [0.1, 0.15) is 37.4 Å². The van der Waals surface area contributed by atoms with Crippen LogP contribution < -0.4 is 0 Å². The van der Waals surface area contributed by atoms with Crippen molar-refractivity contribution in [1.29, 1.82) is 0 Å². The summed E-state index contributed by atoms with van der Waals surface area (Å²) in [5.74, 6) is 0.996. The van der Waals surface area contributed by atoms with E-state index in [-0.39, 0.29) is 12.4 Å². The van der Waals surface area contributed by atoms with Gasteiger partial charge in [0, 0.05) is 24.0 Å². The van der Waals surface area contributed by atoms with Gasteiger partial charge in [0.15, 0.2) is 0 Å². The van der Waals surface area contributed by atoms with E-state index in [1.54, 1.807) is 6.07 Å². The van der Waals surface area contributed by atoms with Gasteiger partial charge < -0.3 is 14.5 Å². The molecule has 3 rings (SSSR count). The summed E-state index contributed by atoms with van der Waals surface area (Å²) in [6.45, 7) is 3.41. The van der Waals surface area contributed by atoms with Crippen molar-refractivity contribution in [3.8, 4) is 0 Å². The predicted octanol–water partition coefficient (Wildman–Crippen LogP) is 2.92. The number of benzene rings is 1. The number of aliphatic hydroxyl groups is 1. The minimum atomic E-state index is -0.277. The van der Waals surface area contributed by atoms with Gasteiger partial charge >= 0.3 is 0 Å². The third-order valence-corrected chi connectivity index (χ3v) is 4.31. The highest BCUT2D eigenvalue weighted by molar-refractivity contribution is 5.80. The number of hydrogen-bond donors (Lipinski definition) is 1. The first-order chi connectivity index (χ1) is 10.3. The maximum absolute atomic E-state index is 13.2. The quantitative estimate of drug-likeness (QED) is 0.861. The smallest absolute Gasteiger partial charge is 0.147 e. The summed E-state index contributed by atoms with van der Waals surface area (Å²) < 4.78 is 18.7. The van der Waals surface area contributed by atoms with Crippen LogP contribution in [0.15, 0.2) is 22.7 Å². The van der Waals surface area contributed by atoms with Crippen LogP contribution in [0.25, 0.3) is 10.9 Å². The van der Waals surface area contributed by atoms with Crippen LogP contribution in [0, 0.1) is 5.82 Å². The molecule has 21 heavy (non-hydrogen) atoms. The zero-order chi connectivity index (χ0) is 14.7. The molecular weight excluding hydrogens is 271 g/mol. The Morgan fingerprint density at radius 2 is 2.10 bits per heavy atom. The third kappa shape index (κ3) is 3.24. The third-order valence-electron chi connectivity index (χ3n) is 4.31. The highest BCUT2D eigenvalue weighted by atomic mass is 19.1. The molecule has 0 radical (unpaired) electrons. The summed E-state index contributed by atoms with van der Waals surface area (Å²) in [6, 6.07) is 4.66. The largest absolute Gasteiger partial charge is 0.396 e. The van der Waals surface area contributed by atoms with Gasteiger partial charge in [0.05, 0.1) is 0 Å². The minimum Gasteiger partial charge on any atom is -0.396 e. The average molecular weight is 292 g/mol. The van der Waals surface area contributed by atoms with E-state index in [4.69, 9.17) is 9.63 Å². The van der Waals surface area contributed by atoms with Crippen molar-refractivity contribution in [3.63, 3.8) is 0 Å². The Bertz CT molecular complexity index is 591. The van der Waals surface area contributed by atoms with Gasteiger partial charge in [-0.25, -0.2) is 4.39 Å². The van der Waals surface area contributed by atoms with E-state index in [1.807, 2.05) is 0 Å². The van der Waals surface area contributed by atoms with Crippen LogP contribution in [0.3, 0.4) is 0 Å². The Morgan fingerprint density at radius 3 is 2.86 bits per heavy atom. The van der Waals surface area contributed by atoms with Gasteiger partial charge in [-0.1, -0.05) is 5.16 Å². The van der Waals surface area contributed by atoms with Crippen LogP contribution >= 0.6 is 0 Å². The summed E-state index contributed by atoms with van der Waals surface area (Å²) >= 11 is 0. The van der Waals surface area contributed by atoms with Crippen LogP contribution in [0.5, 0.6) is 0 Å². The van der Waals surface area contributed by atoms with Gasteiger partial charge in [-0.2, -0.15) is 0 Å². The molecule has 0 aliphatic carbocycles. The second-order valence-electron chi connectivity index (χ2n) is 5.75. The molecule has 5 heteroatoms. The number of rotatable bonds is 5. The molecule has 1 aromatic carbocycles. The van der Waals surface area contributed by atoms with Gasteiger partial charge in [-0.3, -0.25) is 0 Å². The number of halogens is 1. The van der Waals surface area contributed by atoms with Gasteiger partial charge in [0.2, 0.25) is 0 Å². The maximum Gasteiger partial charge on any atom is 0.147 e. The number of aliphatic hydroxyl groups excluding tert-OH is 1. The van der Waals surface area contributed by atoms with Crippen molar-refractivity contribution in [2.24, 2.45) is 0 Å².